The van der Waals surface area contributed by atoms with Crippen molar-refractivity contribution in [2.75, 3.05) is 46.8 Å². The monoisotopic (exact) mass is 405 g/mol. The summed E-state index contributed by atoms with van der Waals surface area (Å²) in [5.74, 6) is 0.874. The Kier molecular flexibility index (Phi) is 6.70. The van der Waals surface area contributed by atoms with Crippen molar-refractivity contribution in [1.82, 2.24) is 20.4 Å². The molecule has 2 aromatic carbocycles. The SMILES string of the molecule is CN=C(NCc1ccc(CN2CCN(C)CC2)cc1)NCC1(c2ccccc2)CC1. The molecule has 1 saturated carbocycles. The zero-order valence-corrected chi connectivity index (χ0v) is 18.4. The topological polar surface area (TPSA) is 42.9 Å². The lowest BCUT2D eigenvalue weighted by Crippen LogP contribution is -2.43. The summed E-state index contributed by atoms with van der Waals surface area (Å²) < 4.78 is 0. The number of benzene rings is 2. The fourth-order valence-electron chi connectivity index (χ4n) is 4.20. The number of guanidine groups is 1. The van der Waals surface area contributed by atoms with Crippen LogP contribution in [0, 0.1) is 0 Å². The van der Waals surface area contributed by atoms with Gasteiger partial charge in [-0.2, -0.15) is 0 Å². The van der Waals surface area contributed by atoms with Gasteiger partial charge >= 0.3 is 0 Å². The number of nitrogens with zero attached hydrogens (tertiary/aromatic N) is 3. The van der Waals surface area contributed by atoms with Gasteiger partial charge < -0.3 is 15.5 Å². The van der Waals surface area contributed by atoms with E-state index < -0.39 is 0 Å². The van der Waals surface area contributed by atoms with Crippen LogP contribution in [0.4, 0.5) is 0 Å². The Hall–Kier alpha value is -2.37. The highest BCUT2D eigenvalue weighted by Gasteiger charge is 2.43. The molecule has 1 heterocycles. The Bertz CT molecular complexity index is 818. The molecule has 2 N–H and O–H groups in total. The van der Waals surface area contributed by atoms with E-state index in [1.165, 1.54) is 42.6 Å². The largest absolute Gasteiger partial charge is 0.356 e. The molecule has 1 saturated heterocycles. The summed E-state index contributed by atoms with van der Waals surface area (Å²) in [4.78, 5) is 9.35. The number of likely N-dealkylation sites (N-methyl/N-ethyl adjacent to an activating group) is 1. The molecule has 0 aromatic heterocycles. The van der Waals surface area contributed by atoms with Crippen LogP contribution in [-0.2, 0) is 18.5 Å². The van der Waals surface area contributed by atoms with E-state index in [9.17, 15) is 0 Å². The predicted molar refractivity (Wildman–Crippen MR) is 125 cm³/mol. The third kappa shape index (κ3) is 5.41. The Morgan fingerprint density at radius 3 is 2.20 bits per heavy atom. The second kappa shape index (κ2) is 9.63. The molecule has 0 atom stereocenters. The Balaban J connectivity index is 1.23. The molecule has 30 heavy (non-hydrogen) atoms. The molecule has 0 spiro atoms. The second-order valence-electron chi connectivity index (χ2n) is 8.82. The van der Waals surface area contributed by atoms with Crippen LogP contribution in [0.3, 0.4) is 0 Å². The first-order chi connectivity index (χ1) is 14.7. The standard InChI is InChI=1S/C25H35N5/c1-26-24(28-20-25(12-13-25)23-6-4-3-5-7-23)27-18-21-8-10-22(11-9-21)19-30-16-14-29(2)15-17-30/h3-11H,12-20H2,1-2H3,(H2,26,27,28). The van der Waals surface area contributed by atoms with E-state index in [1.54, 1.807) is 0 Å². The van der Waals surface area contributed by atoms with Crippen LogP contribution in [0.1, 0.15) is 29.5 Å². The molecule has 0 radical (unpaired) electrons. The van der Waals surface area contributed by atoms with Crippen LogP contribution >= 0.6 is 0 Å². The lowest BCUT2D eigenvalue weighted by atomic mass is 9.96. The molecule has 1 aliphatic heterocycles. The van der Waals surface area contributed by atoms with Gasteiger partial charge in [-0.15, -0.1) is 0 Å². The first-order valence-corrected chi connectivity index (χ1v) is 11.2. The van der Waals surface area contributed by atoms with Crippen molar-refractivity contribution in [3.63, 3.8) is 0 Å². The molecule has 2 aromatic rings. The molecular weight excluding hydrogens is 370 g/mol. The summed E-state index contributed by atoms with van der Waals surface area (Å²) in [6.45, 7) is 7.41. The van der Waals surface area contributed by atoms with Crippen molar-refractivity contribution in [3.8, 4) is 0 Å². The summed E-state index contributed by atoms with van der Waals surface area (Å²) in [5, 5.41) is 7.00. The third-order valence-electron chi connectivity index (χ3n) is 6.54. The Labute approximate surface area is 181 Å². The molecule has 0 unspecified atom stereocenters. The summed E-state index contributed by atoms with van der Waals surface area (Å²) in [5.41, 5.74) is 4.39. The summed E-state index contributed by atoms with van der Waals surface area (Å²) in [7, 11) is 4.05. The number of nitrogens with one attached hydrogen (secondary N) is 2. The van der Waals surface area contributed by atoms with Crippen molar-refractivity contribution in [3.05, 3.63) is 71.3 Å². The fraction of sp³-hybridized carbons (Fsp3) is 0.480. The van der Waals surface area contributed by atoms with E-state index >= 15 is 0 Å². The summed E-state index contributed by atoms with van der Waals surface area (Å²) in [6, 6.07) is 19.8. The highest BCUT2D eigenvalue weighted by molar-refractivity contribution is 5.79. The van der Waals surface area contributed by atoms with Crippen molar-refractivity contribution < 1.29 is 0 Å². The zero-order valence-electron chi connectivity index (χ0n) is 18.4. The Morgan fingerprint density at radius 1 is 0.900 bits per heavy atom. The Morgan fingerprint density at radius 2 is 1.57 bits per heavy atom. The minimum Gasteiger partial charge on any atom is -0.356 e. The van der Waals surface area contributed by atoms with E-state index in [-0.39, 0.29) is 5.41 Å². The average molecular weight is 406 g/mol. The molecule has 1 aliphatic carbocycles. The van der Waals surface area contributed by atoms with Gasteiger partial charge in [0.15, 0.2) is 5.96 Å². The van der Waals surface area contributed by atoms with E-state index in [2.05, 4.69) is 87.1 Å². The second-order valence-corrected chi connectivity index (χ2v) is 8.82. The normalized spacial score (nSPS) is 19.5. The van der Waals surface area contributed by atoms with E-state index in [0.717, 1.165) is 38.7 Å². The maximum atomic E-state index is 4.41. The van der Waals surface area contributed by atoms with Crippen LogP contribution < -0.4 is 10.6 Å². The van der Waals surface area contributed by atoms with Gasteiger partial charge in [-0.05, 0) is 36.6 Å². The van der Waals surface area contributed by atoms with Crippen LogP contribution in [0.5, 0.6) is 0 Å². The molecule has 2 fully saturated rings. The first kappa shape index (κ1) is 20.9. The van der Waals surface area contributed by atoms with Crippen LogP contribution in [-0.4, -0.2) is 62.6 Å². The van der Waals surface area contributed by atoms with Gasteiger partial charge in [0.25, 0.3) is 0 Å². The molecule has 0 bridgehead atoms. The maximum Gasteiger partial charge on any atom is 0.191 e. The third-order valence-corrected chi connectivity index (χ3v) is 6.54. The average Bonchev–Trinajstić information content (AvgIpc) is 3.58. The number of rotatable bonds is 7. The van der Waals surface area contributed by atoms with Gasteiger partial charge in [0, 0.05) is 58.3 Å². The number of aliphatic imine (C=N–C) groups is 1. The lowest BCUT2D eigenvalue weighted by molar-refractivity contribution is 0.148. The van der Waals surface area contributed by atoms with Gasteiger partial charge in [-0.3, -0.25) is 9.89 Å². The number of hydrogen-bond acceptors (Lipinski definition) is 3. The van der Waals surface area contributed by atoms with E-state index in [4.69, 9.17) is 0 Å². The van der Waals surface area contributed by atoms with Gasteiger partial charge in [-0.25, -0.2) is 0 Å². The minimum atomic E-state index is 0.282. The molecule has 160 valence electrons. The molecule has 2 aliphatic rings. The highest BCUT2D eigenvalue weighted by atomic mass is 15.2. The van der Waals surface area contributed by atoms with E-state index in [0.29, 0.717) is 0 Å². The van der Waals surface area contributed by atoms with Gasteiger partial charge in [-0.1, -0.05) is 54.6 Å². The van der Waals surface area contributed by atoms with Crippen LogP contribution in [0.2, 0.25) is 0 Å². The van der Waals surface area contributed by atoms with Gasteiger partial charge in [0.05, 0.1) is 0 Å². The van der Waals surface area contributed by atoms with Crippen LogP contribution in [0.25, 0.3) is 0 Å². The maximum absolute atomic E-state index is 4.41. The number of piperazine rings is 1. The molecule has 4 rings (SSSR count). The fourth-order valence-corrected chi connectivity index (χ4v) is 4.20. The van der Waals surface area contributed by atoms with Crippen molar-refractivity contribution in [2.45, 2.75) is 31.3 Å². The lowest BCUT2D eigenvalue weighted by Gasteiger charge is -2.32. The molecular formula is C25H35N5. The minimum absolute atomic E-state index is 0.282. The zero-order chi connectivity index (χ0) is 20.8. The van der Waals surface area contributed by atoms with E-state index in [1.807, 2.05) is 7.05 Å². The molecule has 5 heteroatoms. The smallest absolute Gasteiger partial charge is 0.191 e. The molecule has 5 nitrogen and oxygen atoms in total. The van der Waals surface area contributed by atoms with Crippen molar-refractivity contribution in [2.24, 2.45) is 4.99 Å². The van der Waals surface area contributed by atoms with Gasteiger partial charge in [0.2, 0.25) is 0 Å². The number of hydrogen-bond donors (Lipinski definition) is 2. The van der Waals surface area contributed by atoms with Crippen LogP contribution in [0.15, 0.2) is 59.6 Å². The van der Waals surface area contributed by atoms with Crippen molar-refractivity contribution >= 4 is 5.96 Å². The summed E-state index contributed by atoms with van der Waals surface area (Å²) >= 11 is 0. The summed E-state index contributed by atoms with van der Waals surface area (Å²) in [6.07, 6.45) is 2.49. The first-order valence-electron chi connectivity index (χ1n) is 11.2. The predicted octanol–water partition coefficient (Wildman–Crippen LogP) is 2.83. The van der Waals surface area contributed by atoms with Gasteiger partial charge in [0.1, 0.15) is 0 Å². The quantitative estimate of drug-likeness (QED) is 0.549. The van der Waals surface area contributed by atoms with Crippen molar-refractivity contribution in [1.29, 1.82) is 0 Å². The highest BCUT2D eigenvalue weighted by Crippen LogP contribution is 2.47. The molecule has 0 amide bonds.